The molecule has 1 aliphatic rings. The molecular formula is C18H23N3O2S. The summed E-state index contributed by atoms with van der Waals surface area (Å²) >= 11 is 1.55. The van der Waals surface area contributed by atoms with E-state index in [1.807, 2.05) is 18.3 Å². The number of likely N-dealkylation sites (tertiary alicyclic amines) is 1. The summed E-state index contributed by atoms with van der Waals surface area (Å²) in [5, 5.41) is 3.42. The molecule has 3 rings (SSSR count). The van der Waals surface area contributed by atoms with Gasteiger partial charge >= 0.3 is 0 Å². The molecule has 1 saturated heterocycles. The highest BCUT2D eigenvalue weighted by Gasteiger charge is 2.23. The van der Waals surface area contributed by atoms with Crippen LogP contribution in [0.1, 0.15) is 36.1 Å². The lowest BCUT2D eigenvalue weighted by Gasteiger charge is -2.32. The van der Waals surface area contributed by atoms with Crippen molar-refractivity contribution in [3.05, 3.63) is 40.9 Å². The normalized spacial score (nSPS) is 16.1. The summed E-state index contributed by atoms with van der Waals surface area (Å²) in [5.74, 6) is 1.49. The predicted octanol–water partition coefficient (Wildman–Crippen LogP) is 3.49. The van der Waals surface area contributed by atoms with E-state index in [1.54, 1.807) is 18.4 Å². The number of para-hydroxylation sites is 1. The Labute approximate surface area is 146 Å². The minimum absolute atomic E-state index is 0.0754. The number of hydrogen-bond donors (Lipinski definition) is 1. The Morgan fingerprint density at radius 2 is 2.12 bits per heavy atom. The first-order valence-electron chi connectivity index (χ1n) is 8.23. The number of methoxy groups -OCH3 is 1. The van der Waals surface area contributed by atoms with E-state index in [0.717, 1.165) is 38.2 Å². The smallest absolute Gasteiger partial charge is 0.223 e. The van der Waals surface area contributed by atoms with Crippen LogP contribution in [-0.2, 0) is 11.3 Å². The van der Waals surface area contributed by atoms with E-state index in [0.29, 0.717) is 11.0 Å². The van der Waals surface area contributed by atoms with Gasteiger partial charge in [0.2, 0.25) is 5.91 Å². The van der Waals surface area contributed by atoms with Crippen molar-refractivity contribution in [3.63, 3.8) is 0 Å². The van der Waals surface area contributed by atoms with Gasteiger partial charge in [-0.2, -0.15) is 0 Å². The average Bonchev–Trinajstić information content (AvgIpc) is 3.01. The first-order valence-corrected chi connectivity index (χ1v) is 9.05. The van der Waals surface area contributed by atoms with Crippen molar-refractivity contribution in [2.45, 2.75) is 32.2 Å². The Morgan fingerprint density at radius 1 is 1.38 bits per heavy atom. The number of piperidine rings is 1. The molecule has 1 aliphatic heterocycles. The summed E-state index contributed by atoms with van der Waals surface area (Å²) in [4.78, 5) is 19.0. The first-order chi connectivity index (χ1) is 11.7. The second kappa shape index (κ2) is 7.77. The van der Waals surface area contributed by atoms with Crippen LogP contribution in [0.15, 0.2) is 30.5 Å². The van der Waals surface area contributed by atoms with Crippen LogP contribution in [0.2, 0.25) is 0 Å². The summed E-state index contributed by atoms with van der Waals surface area (Å²) in [6.07, 6.45) is 4.14. The van der Waals surface area contributed by atoms with Crippen molar-refractivity contribution in [3.8, 4) is 5.75 Å². The third-order valence-electron chi connectivity index (χ3n) is 4.38. The lowest BCUT2D eigenvalue weighted by molar-refractivity contribution is -0.114. The highest BCUT2D eigenvalue weighted by atomic mass is 32.1. The fraction of sp³-hybridized carbons (Fsp3) is 0.444. The molecule has 1 aromatic heterocycles. The van der Waals surface area contributed by atoms with Gasteiger partial charge in [-0.05, 0) is 43.5 Å². The van der Waals surface area contributed by atoms with E-state index in [4.69, 9.17) is 4.74 Å². The van der Waals surface area contributed by atoms with Crippen LogP contribution in [0.3, 0.4) is 0 Å². The Hall–Kier alpha value is -1.92. The summed E-state index contributed by atoms with van der Waals surface area (Å²) in [5.41, 5.74) is 1.32. The monoisotopic (exact) mass is 345 g/mol. The number of nitrogens with zero attached hydrogens (tertiary/aromatic N) is 2. The number of thiazole rings is 1. The van der Waals surface area contributed by atoms with Gasteiger partial charge < -0.3 is 10.1 Å². The molecule has 2 heterocycles. The van der Waals surface area contributed by atoms with Gasteiger partial charge in [0.05, 0.1) is 7.11 Å². The van der Waals surface area contributed by atoms with Crippen molar-refractivity contribution < 1.29 is 9.53 Å². The molecule has 0 radical (unpaired) electrons. The minimum Gasteiger partial charge on any atom is -0.496 e. The van der Waals surface area contributed by atoms with Crippen LogP contribution >= 0.6 is 11.3 Å². The topological polar surface area (TPSA) is 54.5 Å². The van der Waals surface area contributed by atoms with Gasteiger partial charge in [0.1, 0.15) is 5.75 Å². The highest BCUT2D eigenvalue weighted by molar-refractivity contribution is 7.15. The molecule has 1 N–H and O–H groups in total. The quantitative estimate of drug-likeness (QED) is 0.901. The van der Waals surface area contributed by atoms with Gasteiger partial charge in [0.15, 0.2) is 5.13 Å². The van der Waals surface area contributed by atoms with Crippen molar-refractivity contribution in [1.29, 1.82) is 0 Å². The van der Waals surface area contributed by atoms with Gasteiger partial charge in [0.25, 0.3) is 0 Å². The Morgan fingerprint density at radius 3 is 2.83 bits per heavy atom. The van der Waals surface area contributed by atoms with E-state index >= 15 is 0 Å². The molecule has 0 unspecified atom stereocenters. The molecule has 1 aromatic carbocycles. The van der Waals surface area contributed by atoms with Gasteiger partial charge in [-0.3, -0.25) is 9.69 Å². The molecule has 0 aliphatic carbocycles. The number of benzene rings is 1. The molecule has 6 heteroatoms. The predicted molar refractivity (Wildman–Crippen MR) is 96.7 cm³/mol. The van der Waals surface area contributed by atoms with Crippen molar-refractivity contribution >= 4 is 22.4 Å². The van der Waals surface area contributed by atoms with Crippen LogP contribution in [0.4, 0.5) is 5.13 Å². The highest BCUT2D eigenvalue weighted by Crippen LogP contribution is 2.34. The van der Waals surface area contributed by atoms with E-state index in [-0.39, 0.29) is 5.91 Å². The van der Waals surface area contributed by atoms with Crippen molar-refractivity contribution in [1.82, 2.24) is 9.88 Å². The third-order valence-corrected chi connectivity index (χ3v) is 5.28. The molecule has 0 atom stereocenters. The molecular weight excluding hydrogens is 322 g/mol. The maximum atomic E-state index is 11.1. The third kappa shape index (κ3) is 4.13. The molecule has 1 fully saturated rings. The van der Waals surface area contributed by atoms with Crippen molar-refractivity contribution in [2.75, 3.05) is 25.5 Å². The minimum atomic E-state index is -0.0754. The second-order valence-corrected chi connectivity index (χ2v) is 7.22. The van der Waals surface area contributed by atoms with Gasteiger partial charge in [0, 0.05) is 24.5 Å². The SMILES string of the molecule is COc1ccccc1C1CCN(Cc2cnc(NC(C)=O)s2)CC1. The van der Waals surface area contributed by atoms with Crippen LogP contribution in [0.5, 0.6) is 5.75 Å². The van der Waals surface area contributed by atoms with E-state index in [2.05, 4.69) is 27.3 Å². The summed E-state index contributed by atoms with van der Waals surface area (Å²) < 4.78 is 5.50. The summed E-state index contributed by atoms with van der Waals surface area (Å²) in [6, 6.07) is 8.34. The molecule has 0 bridgehead atoms. The first kappa shape index (κ1) is 16.9. The number of anilines is 1. The number of nitrogens with one attached hydrogen (secondary N) is 1. The number of carbonyl (C=O) groups is 1. The maximum absolute atomic E-state index is 11.1. The standard InChI is InChI=1S/C18H23N3O2S/c1-13(22)20-18-19-11-15(24-18)12-21-9-7-14(8-10-21)16-5-3-4-6-17(16)23-2/h3-6,11,14H,7-10,12H2,1-2H3,(H,19,20,22). The number of rotatable bonds is 5. The van der Waals surface area contributed by atoms with Crippen LogP contribution in [0.25, 0.3) is 0 Å². The number of aromatic nitrogens is 1. The zero-order valence-electron chi connectivity index (χ0n) is 14.1. The Bertz CT molecular complexity index is 693. The molecule has 1 amide bonds. The number of ether oxygens (including phenoxy) is 1. The lowest BCUT2D eigenvalue weighted by atomic mass is 9.89. The maximum Gasteiger partial charge on any atom is 0.223 e. The molecule has 24 heavy (non-hydrogen) atoms. The van der Waals surface area contributed by atoms with E-state index in [1.165, 1.54) is 17.4 Å². The molecule has 128 valence electrons. The fourth-order valence-corrected chi connectivity index (χ4v) is 4.12. The lowest BCUT2D eigenvalue weighted by Crippen LogP contribution is -2.32. The molecule has 0 spiro atoms. The van der Waals surface area contributed by atoms with Crippen LogP contribution in [0, 0.1) is 0 Å². The molecule has 0 saturated carbocycles. The average molecular weight is 345 g/mol. The molecule has 5 nitrogen and oxygen atoms in total. The van der Waals surface area contributed by atoms with E-state index in [9.17, 15) is 4.79 Å². The van der Waals surface area contributed by atoms with Gasteiger partial charge in [-0.25, -0.2) is 4.98 Å². The number of carbonyl (C=O) groups excluding carboxylic acids is 1. The fourth-order valence-electron chi connectivity index (χ4n) is 3.22. The number of hydrogen-bond acceptors (Lipinski definition) is 5. The molecule has 2 aromatic rings. The summed E-state index contributed by atoms with van der Waals surface area (Å²) in [6.45, 7) is 4.53. The van der Waals surface area contributed by atoms with Gasteiger partial charge in [-0.15, -0.1) is 11.3 Å². The largest absolute Gasteiger partial charge is 0.496 e. The Kier molecular flexibility index (Phi) is 5.48. The van der Waals surface area contributed by atoms with Crippen molar-refractivity contribution in [2.24, 2.45) is 0 Å². The van der Waals surface area contributed by atoms with E-state index < -0.39 is 0 Å². The van der Waals surface area contributed by atoms with Crippen LogP contribution < -0.4 is 10.1 Å². The Balaban J connectivity index is 1.55. The zero-order chi connectivity index (χ0) is 16.9. The van der Waals surface area contributed by atoms with Gasteiger partial charge in [-0.1, -0.05) is 18.2 Å². The number of amides is 1. The summed E-state index contributed by atoms with van der Waals surface area (Å²) in [7, 11) is 1.74. The van der Waals surface area contributed by atoms with Crippen LogP contribution in [-0.4, -0.2) is 36.0 Å². The zero-order valence-corrected chi connectivity index (χ0v) is 14.9. The second-order valence-electron chi connectivity index (χ2n) is 6.11.